The van der Waals surface area contributed by atoms with Crippen molar-refractivity contribution in [3.63, 3.8) is 0 Å². The normalized spacial score (nSPS) is 34.5. The molecule has 10 heavy (non-hydrogen) atoms. The lowest BCUT2D eigenvalue weighted by Crippen LogP contribution is -1.90. The molecule has 1 saturated carbocycles. The minimum Gasteiger partial charge on any atom is -0.303 e. The molecule has 0 radical (unpaired) electrons. The number of hydrogen-bond acceptors (Lipinski definition) is 2. The zero-order valence-corrected chi connectivity index (χ0v) is 6.29. The molecule has 2 nitrogen and oxygen atoms in total. The SMILES string of the molecule is CC1(C)C(C=O)C1CC#N. The van der Waals surface area contributed by atoms with Gasteiger partial charge in [0, 0.05) is 12.3 Å². The molecule has 2 unspecified atom stereocenters. The summed E-state index contributed by atoms with van der Waals surface area (Å²) in [4.78, 5) is 10.4. The Balaban J connectivity index is 2.54. The lowest BCUT2D eigenvalue weighted by atomic mass is 10.1. The number of carbonyl (C=O) groups is 1. The van der Waals surface area contributed by atoms with E-state index in [0.717, 1.165) is 6.29 Å². The Hall–Kier alpha value is -0.840. The molecule has 1 rings (SSSR count). The molecule has 0 saturated heterocycles. The maximum absolute atomic E-state index is 10.4. The topological polar surface area (TPSA) is 40.9 Å². The number of carbonyl (C=O) groups excluding carboxylic acids is 1. The Morgan fingerprint density at radius 1 is 1.70 bits per heavy atom. The molecule has 1 aliphatic carbocycles. The van der Waals surface area contributed by atoms with Gasteiger partial charge in [-0.1, -0.05) is 13.8 Å². The Morgan fingerprint density at radius 2 is 2.30 bits per heavy atom. The third kappa shape index (κ3) is 0.824. The number of nitrogens with zero attached hydrogens (tertiary/aromatic N) is 1. The van der Waals surface area contributed by atoms with Crippen molar-refractivity contribution in [2.75, 3.05) is 0 Å². The Morgan fingerprint density at radius 3 is 2.60 bits per heavy atom. The van der Waals surface area contributed by atoms with E-state index in [4.69, 9.17) is 5.26 Å². The quantitative estimate of drug-likeness (QED) is 0.539. The van der Waals surface area contributed by atoms with E-state index in [0.29, 0.717) is 12.3 Å². The smallest absolute Gasteiger partial charge is 0.123 e. The van der Waals surface area contributed by atoms with E-state index in [-0.39, 0.29) is 11.3 Å². The molecule has 0 amide bonds. The van der Waals surface area contributed by atoms with Gasteiger partial charge in [-0.25, -0.2) is 0 Å². The second-order valence-electron chi connectivity index (χ2n) is 3.45. The Kier molecular flexibility index (Phi) is 1.52. The standard InChI is InChI=1S/C8H11NO/c1-8(2)6(3-4-9)7(8)5-10/h5-7H,3H2,1-2H3. The molecule has 0 aromatic rings. The molecule has 0 bridgehead atoms. The van der Waals surface area contributed by atoms with Gasteiger partial charge < -0.3 is 4.79 Å². The molecule has 0 N–H and O–H groups in total. The van der Waals surface area contributed by atoms with Crippen LogP contribution in [0.3, 0.4) is 0 Å². The largest absolute Gasteiger partial charge is 0.303 e. The summed E-state index contributed by atoms with van der Waals surface area (Å²) in [5.41, 5.74) is 0.0947. The highest BCUT2D eigenvalue weighted by Crippen LogP contribution is 2.58. The molecule has 2 heteroatoms. The first-order chi connectivity index (χ1) is 4.64. The fourth-order valence-electron chi connectivity index (χ4n) is 1.55. The molecule has 0 aromatic heterocycles. The van der Waals surface area contributed by atoms with Crippen LogP contribution in [0.25, 0.3) is 0 Å². The monoisotopic (exact) mass is 137 g/mol. The predicted molar refractivity (Wildman–Crippen MR) is 37.1 cm³/mol. The van der Waals surface area contributed by atoms with Gasteiger partial charge in [-0.3, -0.25) is 0 Å². The highest BCUT2D eigenvalue weighted by atomic mass is 16.1. The van der Waals surface area contributed by atoms with Gasteiger partial charge in [0.1, 0.15) is 6.29 Å². The first-order valence-corrected chi connectivity index (χ1v) is 3.47. The van der Waals surface area contributed by atoms with Crippen LogP contribution in [0.15, 0.2) is 0 Å². The number of rotatable bonds is 2. The van der Waals surface area contributed by atoms with E-state index < -0.39 is 0 Å². The highest BCUT2D eigenvalue weighted by molar-refractivity contribution is 5.61. The Bertz CT molecular complexity index is 190. The summed E-state index contributed by atoms with van der Waals surface area (Å²) in [7, 11) is 0. The molecular formula is C8H11NO. The van der Waals surface area contributed by atoms with E-state index in [1.807, 2.05) is 13.8 Å². The molecule has 0 aromatic carbocycles. The molecule has 1 aliphatic rings. The molecule has 0 heterocycles. The first-order valence-electron chi connectivity index (χ1n) is 3.47. The number of aldehydes is 1. The fraction of sp³-hybridized carbons (Fsp3) is 0.750. The van der Waals surface area contributed by atoms with Crippen LogP contribution in [0.5, 0.6) is 0 Å². The van der Waals surface area contributed by atoms with E-state index in [1.165, 1.54) is 0 Å². The van der Waals surface area contributed by atoms with Crippen molar-refractivity contribution in [2.24, 2.45) is 17.3 Å². The number of nitriles is 1. The molecule has 0 spiro atoms. The van der Waals surface area contributed by atoms with Crippen LogP contribution in [0.1, 0.15) is 20.3 Å². The lowest BCUT2D eigenvalue weighted by Gasteiger charge is -1.95. The van der Waals surface area contributed by atoms with Crippen LogP contribution in [-0.4, -0.2) is 6.29 Å². The summed E-state index contributed by atoms with van der Waals surface area (Å²) >= 11 is 0. The minimum atomic E-state index is 0.0947. The second kappa shape index (κ2) is 2.09. The van der Waals surface area contributed by atoms with Crippen LogP contribution in [0.2, 0.25) is 0 Å². The van der Waals surface area contributed by atoms with Crippen LogP contribution in [-0.2, 0) is 4.79 Å². The predicted octanol–water partition coefficient (Wildman–Crippen LogP) is 1.37. The lowest BCUT2D eigenvalue weighted by molar-refractivity contribution is -0.109. The fourth-order valence-corrected chi connectivity index (χ4v) is 1.55. The van der Waals surface area contributed by atoms with Gasteiger partial charge in [-0.15, -0.1) is 0 Å². The third-order valence-corrected chi connectivity index (χ3v) is 2.60. The maximum Gasteiger partial charge on any atom is 0.123 e. The summed E-state index contributed by atoms with van der Waals surface area (Å²) < 4.78 is 0. The van der Waals surface area contributed by atoms with Gasteiger partial charge in [0.15, 0.2) is 0 Å². The Labute approximate surface area is 60.8 Å². The molecule has 2 atom stereocenters. The van der Waals surface area contributed by atoms with Gasteiger partial charge in [0.25, 0.3) is 0 Å². The number of hydrogen-bond donors (Lipinski definition) is 0. The summed E-state index contributed by atoms with van der Waals surface area (Å²) in [6.07, 6.45) is 1.50. The molecule has 1 fully saturated rings. The van der Waals surface area contributed by atoms with Crippen molar-refractivity contribution in [2.45, 2.75) is 20.3 Å². The van der Waals surface area contributed by atoms with Crippen LogP contribution < -0.4 is 0 Å². The molecule has 0 aliphatic heterocycles. The van der Waals surface area contributed by atoms with E-state index >= 15 is 0 Å². The minimum absolute atomic E-state index is 0.0947. The van der Waals surface area contributed by atoms with Crippen LogP contribution >= 0.6 is 0 Å². The van der Waals surface area contributed by atoms with Crippen molar-refractivity contribution >= 4 is 6.29 Å². The van der Waals surface area contributed by atoms with Gasteiger partial charge in [0.2, 0.25) is 0 Å². The van der Waals surface area contributed by atoms with Crippen LogP contribution in [0, 0.1) is 28.6 Å². The van der Waals surface area contributed by atoms with E-state index in [1.54, 1.807) is 0 Å². The third-order valence-electron chi connectivity index (χ3n) is 2.60. The zero-order valence-electron chi connectivity index (χ0n) is 6.29. The van der Waals surface area contributed by atoms with Gasteiger partial charge in [0.05, 0.1) is 6.07 Å². The summed E-state index contributed by atoms with van der Waals surface area (Å²) in [5.74, 6) is 0.446. The van der Waals surface area contributed by atoms with Gasteiger partial charge in [-0.2, -0.15) is 5.26 Å². The van der Waals surface area contributed by atoms with Crippen molar-refractivity contribution < 1.29 is 4.79 Å². The highest BCUT2D eigenvalue weighted by Gasteiger charge is 2.57. The zero-order chi connectivity index (χ0) is 7.78. The average Bonchev–Trinajstić information content (AvgIpc) is 2.36. The van der Waals surface area contributed by atoms with Crippen molar-refractivity contribution in [3.05, 3.63) is 0 Å². The average molecular weight is 137 g/mol. The van der Waals surface area contributed by atoms with Crippen molar-refractivity contribution in [3.8, 4) is 6.07 Å². The molecular weight excluding hydrogens is 126 g/mol. The first kappa shape index (κ1) is 7.27. The van der Waals surface area contributed by atoms with Crippen LogP contribution in [0.4, 0.5) is 0 Å². The summed E-state index contributed by atoms with van der Waals surface area (Å²) in [5, 5.41) is 8.36. The van der Waals surface area contributed by atoms with Crippen molar-refractivity contribution in [1.29, 1.82) is 5.26 Å². The van der Waals surface area contributed by atoms with Crippen molar-refractivity contribution in [1.82, 2.24) is 0 Å². The van der Waals surface area contributed by atoms with Gasteiger partial charge >= 0.3 is 0 Å². The van der Waals surface area contributed by atoms with Gasteiger partial charge in [-0.05, 0) is 11.3 Å². The summed E-state index contributed by atoms with van der Waals surface area (Å²) in [6.45, 7) is 4.07. The second-order valence-corrected chi connectivity index (χ2v) is 3.45. The summed E-state index contributed by atoms with van der Waals surface area (Å²) in [6, 6.07) is 2.09. The van der Waals surface area contributed by atoms with E-state index in [2.05, 4.69) is 6.07 Å². The maximum atomic E-state index is 10.4. The van der Waals surface area contributed by atoms with E-state index in [9.17, 15) is 4.79 Å². The molecule has 54 valence electrons.